The molecule has 0 spiro atoms. The molecule has 1 unspecified atom stereocenters. The first-order valence-electron chi connectivity index (χ1n) is 2.70. The fourth-order valence-electron chi connectivity index (χ4n) is 0.379. The van der Waals surface area contributed by atoms with Crippen molar-refractivity contribution in [3.63, 3.8) is 0 Å². The van der Waals surface area contributed by atoms with Gasteiger partial charge in [-0.1, -0.05) is 6.92 Å². The first kappa shape index (κ1) is 7.59. The highest BCUT2D eigenvalue weighted by Gasteiger charge is 2.06. The van der Waals surface area contributed by atoms with Crippen LogP contribution in [0.2, 0.25) is 0 Å². The molecule has 0 aliphatic heterocycles. The normalized spacial score (nSPS) is 13.4. The molecule has 0 aliphatic carbocycles. The van der Waals surface area contributed by atoms with Crippen molar-refractivity contribution in [1.29, 1.82) is 0 Å². The number of hydrogen-bond donors (Lipinski definition) is 2. The molecule has 1 atom stereocenters. The lowest BCUT2D eigenvalue weighted by atomic mass is 10.1. The van der Waals surface area contributed by atoms with Crippen molar-refractivity contribution in [2.45, 2.75) is 19.4 Å². The molecule has 48 valence electrons. The zero-order valence-electron chi connectivity index (χ0n) is 5.05. The van der Waals surface area contributed by atoms with Gasteiger partial charge in [-0.2, -0.15) is 0 Å². The monoisotopic (exact) mass is 116 g/mol. The van der Waals surface area contributed by atoms with Gasteiger partial charge in [0.05, 0.1) is 12.6 Å². The molecule has 0 saturated carbocycles. The average molecular weight is 116 g/mol. The van der Waals surface area contributed by atoms with Crippen molar-refractivity contribution < 1.29 is 4.79 Å². The van der Waals surface area contributed by atoms with Crippen LogP contribution in [0.3, 0.4) is 0 Å². The predicted molar refractivity (Wildman–Crippen MR) is 32.3 cm³/mol. The third-order valence-electron chi connectivity index (χ3n) is 1.05. The number of carbonyl (C=O) groups is 1. The lowest BCUT2D eigenvalue weighted by Gasteiger charge is -2.02. The van der Waals surface area contributed by atoms with Gasteiger partial charge in [-0.25, -0.2) is 0 Å². The molecule has 0 saturated heterocycles. The van der Waals surface area contributed by atoms with E-state index in [0.717, 1.165) is 0 Å². The van der Waals surface area contributed by atoms with Gasteiger partial charge in [-0.3, -0.25) is 4.79 Å². The Labute approximate surface area is 49.0 Å². The maximum atomic E-state index is 10.5. The molecule has 0 aromatic heterocycles. The van der Waals surface area contributed by atoms with Crippen LogP contribution in [0, 0.1) is 0 Å². The summed E-state index contributed by atoms with van der Waals surface area (Å²) in [5, 5.41) is 0. The van der Waals surface area contributed by atoms with E-state index in [1.807, 2.05) is 6.92 Å². The molecule has 0 rings (SSSR count). The highest BCUT2D eigenvalue weighted by molar-refractivity contribution is 5.85. The minimum absolute atomic E-state index is 0.0625. The van der Waals surface area contributed by atoms with Crippen LogP contribution in [-0.4, -0.2) is 18.4 Å². The van der Waals surface area contributed by atoms with Crippen LogP contribution in [-0.2, 0) is 4.79 Å². The van der Waals surface area contributed by atoms with E-state index < -0.39 is 0 Å². The van der Waals surface area contributed by atoms with Gasteiger partial charge in [0.1, 0.15) is 0 Å². The Morgan fingerprint density at radius 2 is 2.25 bits per heavy atom. The van der Waals surface area contributed by atoms with Crippen LogP contribution in [0.15, 0.2) is 0 Å². The number of rotatable bonds is 3. The van der Waals surface area contributed by atoms with E-state index in [4.69, 9.17) is 11.5 Å². The van der Waals surface area contributed by atoms with E-state index in [1.165, 1.54) is 0 Å². The smallest absolute Gasteiger partial charge is 0.162 e. The first-order valence-corrected chi connectivity index (χ1v) is 2.70. The van der Waals surface area contributed by atoms with Gasteiger partial charge in [0.25, 0.3) is 0 Å². The SMILES string of the molecule is CCC(N)C(=O)CN. The molecule has 0 aliphatic rings. The number of ketones is 1. The molecule has 3 heteroatoms. The summed E-state index contributed by atoms with van der Waals surface area (Å²) < 4.78 is 0. The van der Waals surface area contributed by atoms with Gasteiger partial charge in [-0.05, 0) is 6.42 Å². The third-order valence-corrected chi connectivity index (χ3v) is 1.05. The second-order valence-electron chi connectivity index (χ2n) is 1.69. The van der Waals surface area contributed by atoms with E-state index in [2.05, 4.69) is 0 Å². The summed E-state index contributed by atoms with van der Waals surface area (Å²) in [6.07, 6.45) is 0.677. The zero-order chi connectivity index (χ0) is 6.57. The summed E-state index contributed by atoms with van der Waals surface area (Å²) in [5.74, 6) is -0.0625. The van der Waals surface area contributed by atoms with E-state index in [9.17, 15) is 4.79 Å². The van der Waals surface area contributed by atoms with Gasteiger partial charge >= 0.3 is 0 Å². The standard InChI is InChI=1S/C5H12N2O/c1-2-4(7)5(8)3-6/h4H,2-3,6-7H2,1H3. The summed E-state index contributed by atoms with van der Waals surface area (Å²) in [5.41, 5.74) is 10.3. The van der Waals surface area contributed by atoms with Crippen LogP contribution in [0.1, 0.15) is 13.3 Å². The predicted octanol–water partition coefficient (Wildman–Crippen LogP) is -0.748. The van der Waals surface area contributed by atoms with Crippen LogP contribution >= 0.6 is 0 Å². The molecule has 8 heavy (non-hydrogen) atoms. The van der Waals surface area contributed by atoms with E-state index >= 15 is 0 Å². The minimum atomic E-state index is -0.347. The molecule has 0 fully saturated rings. The van der Waals surface area contributed by atoms with Gasteiger partial charge in [0, 0.05) is 0 Å². The summed E-state index contributed by atoms with van der Waals surface area (Å²) in [6.45, 7) is 1.92. The number of nitrogens with two attached hydrogens (primary N) is 2. The van der Waals surface area contributed by atoms with Crippen molar-refractivity contribution in [3.05, 3.63) is 0 Å². The van der Waals surface area contributed by atoms with Crippen molar-refractivity contribution in [3.8, 4) is 0 Å². The first-order chi connectivity index (χ1) is 3.72. The maximum Gasteiger partial charge on any atom is 0.162 e. The van der Waals surface area contributed by atoms with E-state index in [-0.39, 0.29) is 18.4 Å². The lowest BCUT2D eigenvalue weighted by molar-refractivity contribution is -0.119. The second-order valence-corrected chi connectivity index (χ2v) is 1.69. The molecular weight excluding hydrogens is 104 g/mol. The van der Waals surface area contributed by atoms with Gasteiger partial charge in [0.15, 0.2) is 5.78 Å². The number of hydrogen-bond acceptors (Lipinski definition) is 3. The fraction of sp³-hybridized carbons (Fsp3) is 0.800. The minimum Gasteiger partial charge on any atom is -0.324 e. The van der Waals surface area contributed by atoms with Gasteiger partial charge < -0.3 is 11.5 Å². The zero-order valence-corrected chi connectivity index (χ0v) is 5.05. The Bertz CT molecular complexity index is 82.5. The molecule has 0 aromatic rings. The fourth-order valence-corrected chi connectivity index (χ4v) is 0.379. The Hall–Kier alpha value is -0.410. The lowest BCUT2D eigenvalue weighted by Crippen LogP contribution is -2.34. The summed E-state index contributed by atoms with van der Waals surface area (Å²) in [4.78, 5) is 10.5. The highest BCUT2D eigenvalue weighted by Crippen LogP contribution is 1.84. The largest absolute Gasteiger partial charge is 0.324 e. The molecule has 3 nitrogen and oxygen atoms in total. The maximum absolute atomic E-state index is 10.5. The van der Waals surface area contributed by atoms with Crippen LogP contribution in [0.25, 0.3) is 0 Å². The van der Waals surface area contributed by atoms with Crippen LogP contribution in [0.4, 0.5) is 0 Å². The molecular formula is C5H12N2O. The Balaban J connectivity index is 3.46. The Morgan fingerprint density at radius 1 is 1.75 bits per heavy atom. The topological polar surface area (TPSA) is 69.1 Å². The van der Waals surface area contributed by atoms with Crippen molar-refractivity contribution in [2.24, 2.45) is 11.5 Å². The Kier molecular flexibility index (Phi) is 3.39. The third kappa shape index (κ3) is 2.04. The van der Waals surface area contributed by atoms with E-state index in [1.54, 1.807) is 0 Å². The number of Topliss-reactive ketones (excluding diaryl/α,β-unsaturated/α-hetero) is 1. The summed E-state index contributed by atoms with van der Waals surface area (Å²) in [7, 11) is 0. The van der Waals surface area contributed by atoms with E-state index in [0.29, 0.717) is 6.42 Å². The summed E-state index contributed by atoms with van der Waals surface area (Å²) >= 11 is 0. The molecule has 0 amide bonds. The Morgan fingerprint density at radius 3 is 2.38 bits per heavy atom. The van der Waals surface area contributed by atoms with Gasteiger partial charge in [0.2, 0.25) is 0 Å². The van der Waals surface area contributed by atoms with Crippen LogP contribution < -0.4 is 11.5 Å². The molecule has 4 N–H and O–H groups in total. The average Bonchev–Trinajstić information content (AvgIpc) is 1.84. The van der Waals surface area contributed by atoms with Crippen molar-refractivity contribution in [2.75, 3.05) is 6.54 Å². The van der Waals surface area contributed by atoms with Crippen molar-refractivity contribution in [1.82, 2.24) is 0 Å². The quantitative estimate of drug-likeness (QED) is 0.510. The number of carbonyl (C=O) groups excluding carboxylic acids is 1. The van der Waals surface area contributed by atoms with Crippen molar-refractivity contribution >= 4 is 5.78 Å². The molecule has 0 bridgehead atoms. The highest BCUT2D eigenvalue weighted by atomic mass is 16.1. The molecule has 0 radical (unpaired) electrons. The second kappa shape index (κ2) is 3.57. The van der Waals surface area contributed by atoms with Gasteiger partial charge in [-0.15, -0.1) is 0 Å². The summed E-state index contributed by atoms with van der Waals surface area (Å²) in [6, 6.07) is -0.347. The van der Waals surface area contributed by atoms with Crippen LogP contribution in [0.5, 0.6) is 0 Å². The molecule has 0 aromatic carbocycles. The molecule has 0 heterocycles.